The van der Waals surface area contributed by atoms with Crippen LogP contribution in [-0.4, -0.2) is 22.0 Å². The van der Waals surface area contributed by atoms with Gasteiger partial charge in [0.25, 0.3) is 0 Å². The first-order valence-electron chi connectivity index (χ1n) is 4.64. The van der Waals surface area contributed by atoms with Crippen LogP contribution in [0.2, 0.25) is 0 Å². The zero-order valence-electron chi connectivity index (χ0n) is 9.09. The SMILES string of the molecule is CC(C)SPN(C(C)C)C(C)C. The number of nitrogens with zero attached hydrogens (tertiary/aromatic N) is 1. The molecule has 0 amide bonds. The van der Waals surface area contributed by atoms with Gasteiger partial charge in [-0.3, -0.25) is 4.67 Å². The largest absolute Gasteiger partial charge is 0.271 e. The summed E-state index contributed by atoms with van der Waals surface area (Å²) < 4.78 is 2.55. The summed E-state index contributed by atoms with van der Waals surface area (Å²) in [5.41, 5.74) is 0. The summed E-state index contributed by atoms with van der Waals surface area (Å²) in [6.07, 6.45) is 0. The molecule has 0 aromatic rings. The van der Waals surface area contributed by atoms with E-state index in [1.54, 1.807) is 0 Å². The van der Waals surface area contributed by atoms with Gasteiger partial charge in [-0.1, -0.05) is 13.8 Å². The van der Waals surface area contributed by atoms with Crippen LogP contribution in [0.3, 0.4) is 0 Å². The molecule has 0 aromatic carbocycles. The van der Waals surface area contributed by atoms with E-state index in [-0.39, 0.29) is 0 Å². The first-order chi connectivity index (χ1) is 5.45. The molecule has 0 saturated carbocycles. The molecule has 3 heteroatoms. The Morgan fingerprint density at radius 3 is 1.58 bits per heavy atom. The van der Waals surface area contributed by atoms with Gasteiger partial charge in [-0.15, -0.1) is 11.4 Å². The van der Waals surface area contributed by atoms with E-state index in [9.17, 15) is 0 Å². The zero-order chi connectivity index (χ0) is 9.72. The van der Waals surface area contributed by atoms with Crippen LogP contribution >= 0.6 is 19.3 Å². The lowest BCUT2D eigenvalue weighted by molar-refractivity contribution is 0.333. The summed E-state index contributed by atoms with van der Waals surface area (Å²) in [4.78, 5) is 0. The van der Waals surface area contributed by atoms with Crippen molar-refractivity contribution in [3.05, 3.63) is 0 Å². The molecule has 0 saturated heterocycles. The van der Waals surface area contributed by atoms with Crippen molar-refractivity contribution in [1.29, 1.82) is 0 Å². The molecule has 0 spiro atoms. The summed E-state index contributed by atoms with van der Waals surface area (Å²) in [6, 6.07) is 1.35. The van der Waals surface area contributed by atoms with Crippen LogP contribution in [0.15, 0.2) is 0 Å². The lowest BCUT2D eigenvalue weighted by Crippen LogP contribution is -2.28. The van der Waals surface area contributed by atoms with Gasteiger partial charge in [-0.05, 0) is 27.7 Å². The molecule has 0 radical (unpaired) electrons. The predicted octanol–water partition coefficient (Wildman–Crippen LogP) is 3.76. The van der Waals surface area contributed by atoms with Crippen LogP contribution in [0.5, 0.6) is 0 Å². The van der Waals surface area contributed by atoms with Crippen molar-refractivity contribution in [1.82, 2.24) is 4.67 Å². The van der Waals surface area contributed by atoms with Crippen LogP contribution in [-0.2, 0) is 0 Å². The van der Waals surface area contributed by atoms with Crippen LogP contribution in [0, 0.1) is 0 Å². The van der Waals surface area contributed by atoms with Crippen LogP contribution in [0.25, 0.3) is 0 Å². The fourth-order valence-corrected chi connectivity index (χ4v) is 3.99. The third kappa shape index (κ3) is 5.40. The van der Waals surface area contributed by atoms with Gasteiger partial charge in [0.05, 0.1) is 0 Å². The molecule has 0 rings (SSSR count). The Hall–Kier alpha value is 0.740. The molecular weight excluding hydrogens is 185 g/mol. The molecule has 0 N–H and O–H groups in total. The maximum atomic E-state index is 2.55. The molecule has 74 valence electrons. The average Bonchev–Trinajstić information content (AvgIpc) is 1.84. The van der Waals surface area contributed by atoms with E-state index in [2.05, 4.69) is 46.2 Å². The van der Waals surface area contributed by atoms with Crippen molar-refractivity contribution < 1.29 is 0 Å². The molecule has 0 aliphatic carbocycles. The summed E-state index contributed by atoms with van der Waals surface area (Å²) in [5.74, 6) is 0. The maximum Gasteiger partial charge on any atom is 0.0108 e. The molecule has 0 aliphatic rings. The molecule has 0 aromatic heterocycles. The minimum atomic E-state index is 0.676. The van der Waals surface area contributed by atoms with E-state index in [0.717, 1.165) is 13.2 Å². The minimum absolute atomic E-state index is 0.676. The van der Waals surface area contributed by atoms with E-state index in [1.807, 2.05) is 11.4 Å². The highest BCUT2D eigenvalue weighted by Gasteiger charge is 2.13. The Labute approximate surface area is 83.3 Å². The maximum absolute atomic E-state index is 2.55. The third-order valence-electron chi connectivity index (χ3n) is 1.51. The van der Waals surface area contributed by atoms with E-state index in [0.29, 0.717) is 12.1 Å². The van der Waals surface area contributed by atoms with E-state index >= 15 is 0 Å². The topological polar surface area (TPSA) is 3.24 Å². The summed E-state index contributed by atoms with van der Waals surface area (Å²) in [5, 5.41) is 0.753. The quantitative estimate of drug-likeness (QED) is 0.631. The normalized spacial score (nSPS) is 13.5. The van der Waals surface area contributed by atoms with Gasteiger partial charge in [0.1, 0.15) is 0 Å². The van der Waals surface area contributed by atoms with Gasteiger partial charge in [0, 0.05) is 25.3 Å². The van der Waals surface area contributed by atoms with Crippen molar-refractivity contribution in [2.24, 2.45) is 0 Å². The summed E-state index contributed by atoms with van der Waals surface area (Å²) in [7, 11) is 0.914. The molecule has 0 bridgehead atoms. The molecule has 1 nitrogen and oxygen atoms in total. The average molecular weight is 207 g/mol. The highest BCUT2D eigenvalue weighted by molar-refractivity contribution is 8.49. The van der Waals surface area contributed by atoms with E-state index < -0.39 is 0 Å². The zero-order valence-corrected chi connectivity index (χ0v) is 10.9. The van der Waals surface area contributed by atoms with Crippen molar-refractivity contribution in [3.63, 3.8) is 0 Å². The second kappa shape index (κ2) is 6.23. The van der Waals surface area contributed by atoms with Gasteiger partial charge >= 0.3 is 0 Å². The fraction of sp³-hybridized carbons (Fsp3) is 1.00. The van der Waals surface area contributed by atoms with Crippen molar-refractivity contribution >= 4 is 19.3 Å². The van der Waals surface area contributed by atoms with Crippen LogP contribution in [0.1, 0.15) is 41.5 Å². The van der Waals surface area contributed by atoms with Gasteiger partial charge in [0.2, 0.25) is 0 Å². The monoisotopic (exact) mass is 207 g/mol. The van der Waals surface area contributed by atoms with E-state index in [1.165, 1.54) is 0 Å². The van der Waals surface area contributed by atoms with Gasteiger partial charge < -0.3 is 0 Å². The molecule has 1 atom stereocenters. The van der Waals surface area contributed by atoms with Crippen LogP contribution < -0.4 is 0 Å². The first kappa shape index (κ1) is 12.7. The van der Waals surface area contributed by atoms with Crippen molar-refractivity contribution in [2.45, 2.75) is 58.9 Å². The Balaban J connectivity index is 3.80. The number of rotatable bonds is 5. The molecular formula is C9H22NPS. The number of hydrogen-bond acceptors (Lipinski definition) is 2. The Morgan fingerprint density at radius 1 is 0.917 bits per heavy atom. The summed E-state index contributed by atoms with van der Waals surface area (Å²) in [6.45, 7) is 13.6. The first-order valence-corrected chi connectivity index (χ1v) is 7.20. The van der Waals surface area contributed by atoms with Gasteiger partial charge in [-0.25, -0.2) is 0 Å². The van der Waals surface area contributed by atoms with E-state index in [4.69, 9.17) is 0 Å². The van der Waals surface area contributed by atoms with Crippen LogP contribution in [0.4, 0.5) is 0 Å². The predicted molar refractivity (Wildman–Crippen MR) is 63.2 cm³/mol. The second-order valence-electron chi connectivity index (χ2n) is 3.85. The van der Waals surface area contributed by atoms with Crippen molar-refractivity contribution in [3.8, 4) is 0 Å². The van der Waals surface area contributed by atoms with Gasteiger partial charge in [-0.2, -0.15) is 0 Å². The third-order valence-corrected chi connectivity index (χ3v) is 5.69. The fourth-order valence-electron chi connectivity index (χ4n) is 0.973. The number of hydrogen-bond donors (Lipinski definition) is 0. The van der Waals surface area contributed by atoms with Gasteiger partial charge in [0.15, 0.2) is 0 Å². The molecule has 0 fully saturated rings. The Bertz CT molecular complexity index is 107. The van der Waals surface area contributed by atoms with Crippen molar-refractivity contribution in [2.75, 3.05) is 0 Å². The molecule has 0 aliphatic heterocycles. The minimum Gasteiger partial charge on any atom is -0.271 e. The highest BCUT2D eigenvalue weighted by Crippen LogP contribution is 2.39. The highest BCUT2D eigenvalue weighted by atomic mass is 32.7. The smallest absolute Gasteiger partial charge is 0.0108 e. The second-order valence-corrected chi connectivity index (χ2v) is 6.98. The molecule has 12 heavy (non-hydrogen) atoms. The summed E-state index contributed by atoms with van der Waals surface area (Å²) >= 11 is 2.05. The Kier molecular flexibility index (Phi) is 6.62. The lowest BCUT2D eigenvalue weighted by Gasteiger charge is -2.30. The Morgan fingerprint density at radius 2 is 1.33 bits per heavy atom. The lowest BCUT2D eigenvalue weighted by atomic mass is 10.3. The standard InChI is InChI=1S/C9H22NPS/c1-7(2)10(8(3)4)11-12-9(5)6/h7-9,11H,1-6H3. The molecule has 0 heterocycles. The molecule has 1 unspecified atom stereocenters.